The van der Waals surface area contributed by atoms with Gasteiger partial charge in [-0.3, -0.25) is 0 Å². The van der Waals surface area contributed by atoms with Crippen LogP contribution in [-0.2, 0) is 0 Å². The summed E-state index contributed by atoms with van der Waals surface area (Å²) in [7, 11) is 0. The summed E-state index contributed by atoms with van der Waals surface area (Å²) in [5, 5.41) is 0. The van der Waals surface area contributed by atoms with Gasteiger partial charge in [-0.1, -0.05) is 49.4 Å². The minimum absolute atomic E-state index is 1.08. The van der Waals surface area contributed by atoms with Gasteiger partial charge in [0.25, 0.3) is 0 Å². The van der Waals surface area contributed by atoms with Crippen molar-refractivity contribution in [3.8, 4) is 0 Å². The van der Waals surface area contributed by atoms with Gasteiger partial charge in [-0.05, 0) is 59.7 Å². The lowest BCUT2D eigenvalue weighted by molar-refractivity contribution is 1.04. The van der Waals surface area contributed by atoms with Crippen LogP contribution in [0.15, 0.2) is 42.5 Å². The minimum Gasteiger partial charge on any atom is -0.0642 e. The number of benzene rings is 2. The van der Waals surface area contributed by atoms with E-state index in [-0.39, 0.29) is 0 Å². The topological polar surface area (TPSA) is 0 Å². The smallest absolute Gasteiger partial charge is 0.0349 e. The highest BCUT2D eigenvalue weighted by atomic mass is 14.3. The molecule has 0 aliphatic heterocycles. The number of fused-ring (bicyclic) bond motifs is 1. The maximum Gasteiger partial charge on any atom is 0.0349 e. The molecule has 3 rings (SSSR count). The Morgan fingerprint density at radius 2 is 1.58 bits per heavy atom. The summed E-state index contributed by atoms with van der Waals surface area (Å²) in [6.45, 7) is 6.66. The van der Waals surface area contributed by atoms with Crippen LogP contribution in [-0.4, -0.2) is 0 Å². The third-order valence-corrected chi connectivity index (χ3v) is 4.16. The van der Waals surface area contributed by atoms with Crippen molar-refractivity contribution in [3.63, 3.8) is 0 Å². The first-order valence-electron chi connectivity index (χ1n) is 6.96. The van der Waals surface area contributed by atoms with Gasteiger partial charge < -0.3 is 0 Å². The van der Waals surface area contributed by atoms with E-state index in [1.807, 2.05) is 0 Å². The van der Waals surface area contributed by atoms with E-state index >= 15 is 0 Å². The monoisotopic (exact) mass is 247 g/mol. The molecule has 2 aromatic carbocycles. The summed E-state index contributed by atoms with van der Waals surface area (Å²) in [6, 6.07) is 15.3. The molecular formula is C19H19. The third-order valence-electron chi connectivity index (χ3n) is 4.16. The van der Waals surface area contributed by atoms with Gasteiger partial charge in [-0.15, -0.1) is 0 Å². The predicted molar refractivity (Wildman–Crippen MR) is 82.9 cm³/mol. The minimum atomic E-state index is 1.08. The van der Waals surface area contributed by atoms with E-state index in [0.29, 0.717) is 0 Å². The average Bonchev–Trinajstić information content (AvgIpc) is 2.80. The van der Waals surface area contributed by atoms with Crippen LogP contribution in [0.4, 0.5) is 0 Å². The lowest BCUT2D eigenvalue weighted by Gasteiger charge is -2.17. The summed E-state index contributed by atoms with van der Waals surface area (Å²) in [4.78, 5) is 0. The van der Waals surface area contributed by atoms with Crippen molar-refractivity contribution < 1.29 is 0 Å². The molecule has 1 aliphatic rings. The number of hydrogen-bond acceptors (Lipinski definition) is 0. The van der Waals surface area contributed by atoms with Gasteiger partial charge in [0.1, 0.15) is 0 Å². The third kappa shape index (κ3) is 1.92. The molecule has 0 saturated heterocycles. The first-order valence-corrected chi connectivity index (χ1v) is 6.96. The van der Waals surface area contributed by atoms with E-state index < -0.39 is 0 Å². The molecule has 0 nitrogen and oxygen atoms in total. The fourth-order valence-electron chi connectivity index (χ4n) is 2.95. The van der Waals surface area contributed by atoms with E-state index in [1.54, 1.807) is 0 Å². The van der Waals surface area contributed by atoms with E-state index in [0.717, 1.165) is 6.42 Å². The van der Waals surface area contributed by atoms with Crippen LogP contribution in [0.1, 0.15) is 41.2 Å². The van der Waals surface area contributed by atoms with Crippen LogP contribution in [0.5, 0.6) is 0 Å². The standard InChI is InChI=1S/C19H19/c1-4-16-18-10-6-5-9-15(18)12-19(16)17-11-7-8-13(2)14(17)3/h5-12H,4H2,1-3H3. The molecule has 2 aromatic rings. The van der Waals surface area contributed by atoms with E-state index in [4.69, 9.17) is 0 Å². The van der Waals surface area contributed by atoms with E-state index in [9.17, 15) is 0 Å². The summed E-state index contributed by atoms with van der Waals surface area (Å²) < 4.78 is 0. The maximum absolute atomic E-state index is 2.34. The summed E-state index contributed by atoms with van der Waals surface area (Å²) in [6.07, 6.45) is 3.42. The molecule has 0 aromatic heterocycles. The van der Waals surface area contributed by atoms with Crippen molar-refractivity contribution in [3.05, 3.63) is 76.2 Å². The molecule has 0 atom stereocenters. The van der Waals surface area contributed by atoms with Crippen LogP contribution in [0.2, 0.25) is 0 Å². The number of hydrogen-bond donors (Lipinski definition) is 0. The van der Waals surface area contributed by atoms with Crippen LogP contribution in [0, 0.1) is 19.8 Å². The normalized spacial score (nSPS) is 14.4. The number of rotatable bonds is 2. The fourth-order valence-corrected chi connectivity index (χ4v) is 2.95. The maximum atomic E-state index is 2.34. The summed E-state index contributed by atoms with van der Waals surface area (Å²) in [5.74, 6) is 1.48. The quantitative estimate of drug-likeness (QED) is 0.685. The van der Waals surface area contributed by atoms with Crippen LogP contribution in [0.3, 0.4) is 0 Å². The molecule has 0 fully saturated rings. The molecule has 95 valence electrons. The Balaban J connectivity index is 2.15. The molecule has 19 heavy (non-hydrogen) atoms. The molecule has 0 heteroatoms. The van der Waals surface area contributed by atoms with Gasteiger partial charge >= 0.3 is 0 Å². The molecule has 1 aliphatic carbocycles. The van der Waals surface area contributed by atoms with Crippen molar-refractivity contribution in [1.82, 2.24) is 0 Å². The largest absolute Gasteiger partial charge is 0.0642 e. The van der Waals surface area contributed by atoms with Gasteiger partial charge in [0.15, 0.2) is 0 Å². The van der Waals surface area contributed by atoms with Gasteiger partial charge in [0.05, 0.1) is 0 Å². The Labute approximate surface area is 115 Å². The molecule has 0 unspecified atom stereocenters. The molecule has 0 amide bonds. The van der Waals surface area contributed by atoms with Crippen molar-refractivity contribution in [2.24, 2.45) is 0 Å². The van der Waals surface area contributed by atoms with Crippen LogP contribution >= 0.6 is 0 Å². The Morgan fingerprint density at radius 3 is 2.37 bits per heavy atom. The van der Waals surface area contributed by atoms with E-state index in [1.165, 1.54) is 39.3 Å². The van der Waals surface area contributed by atoms with E-state index in [2.05, 4.69) is 69.3 Å². The zero-order chi connectivity index (χ0) is 13.4. The second-order valence-corrected chi connectivity index (χ2v) is 5.22. The second kappa shape index (κ2) is 4.70. The highest BCUT2D eigenvalue weighted by Crippen LogP contribution is 2.43. The van der Waals surface area contributed by atoms with Crippen LogP contribution in [0.25, 0.3) is 11.6 Å². The molecule has 0 saturated carbocycles. The lowest BCUT2D eigenvalue weighted by atomic mass is 9.86. The molecule has 0 N–H and O–H groups in total. The zero-order valence-electron chi connectivity index (χ0n) is 11.8. The second-order valence-electron chi connectivity index (χ2n) is 5.22. The number of aryl methyl sites for hydroxylation is 1. The zero-order valence-corrected chi connectivity index (χ0v) is 11.8. The summed E-state index contributed by atoms with van der Waals surface area (Å²) >= 11 is 0. The summed E-state index contributed by atoms with van der Waals surface area (Å²) in [5.41, 5.74) is 8.31. The van der Waals surface area contributed by atoms with Crippen molar-refractivity contribution in [2.45, 2.75) is 27.2 Å². The Morgan fingerprint density at radius 1 is 0.842 bits per heavy atom. The van der Waals surface area contributed by atoms with Gasteiger partial charge in [0, 0.05) is 5.92 Å². The molecule has 0 bridgehead atoms. The molecular weight excluding hydrogens is 228 g/mol. The van der Waals surface area contributed by atoms with Gasteiger partial charge in [-0.2, -0.15) is 0 Å². The SMILES string of the molecule is CC[C]1C(c2cccc(C)c2C)=Cc2ccccc21. The fraction of sp³-hybridized carbons (Fsp3) is 0.211. The highest BCUT2D eigenvalue weighted by molar-refractivity contribution is 5.99. The van der Waals surface area contributed by atoms with Gasteiger partial charge in [-0.25, -0.2) is 0 Å². The van der Waals surface area contributed by atoms with Crippen molar-refractivity contribution in [2.75, 3.05) is 0 Å². The Bertz CT molecular complexity index is 647. The highest BCUT2D eigenvalue weighted by Gasteiger charge is 2.25. The molecule has 1 radical (unpaired) electrons. The first kappa shape index (κ1) is 12.2. The lowest BCUT2D eigenvalue weighted by Crippen LogP contribution is -2.00. The van der Waals surface area contributed by atoms with Crippen molar-refractivity contribution in [1.29, 1.82) is 0 Å². The molecule has 0 spiro atoms. The van der Waals surface area contributed by atoms with Crippen molar-refractivity contribution >= 4 is 11.6 Å². The predicted octanol–water partition coefficient (Wildman–Crippen LogP) is 5.19. The molecule has 0 heterocycles. The van der Waals surface area contributed by atoms with Gasteiger partial charge in [0.2, 0.25) is 0 Å². The number of allylic oxidation sites excluding steroid dienone is 1. The average molecular weight is 247 g/mol. The van der Waals surface area contributed by atoms with Crippen LogP contribution < -0.4 is 0 Å². The Hall–Kier alpha value is -1.82. The first-order chi connectivity index (χ1) is 9.22. The Kier molecular flexibility index (Phi) is 3.02.